The zero-order valence-electron chi connectivity index (χ0n) is 18.8. The van der Waals surface area contributed by atoms with E-state index in [0.717, 1.165) is 17.0 Å². The number of halogens is 3. The normalized spacial score (nSPS) is 13.7. The van der Waals surface area contributed by atoms with Crippen LogP contribution in [0.25, 0.3) is 0 Å². The summed E-state index contributed by atoms with van der Waals surface area (Å²) in [7, 11) is 1.51. The first-order valence-electron chi connectivity index (χ1n) is 10.5. The molecule has 2 aromatic carbocycles. The van der Waals surface area contributed by atoms with Crippen molar-refractivity contribution in [1.29, 1.82) is 0 Å². The molecule has 4 rings (SSSR count). The molecule has 1 aromatic heterocycles. The largest absolute Gasteiger partial charge is 0.573 e. The lowest BCUT2D eigenvalue weighted by atomic mass is 10.1. The third kappa shape index (κ3) is 5.54. The van der Waals surface area contributed by atoms with Crippen molar-refractivity contribution in [3.63, 3.8) is 0 Å². The summed E-state index contributed by atoms with van der Waals surface area (Å²) in [5.41, 5.74) is 1.36. The summed E-state index contributed by atoms with van der Waals surface area (Å²) in [5.74, 6) is -0.838. The molecule has 0 unspecified atom stereocenters. The molecule has 9 nitrogen and oxygen atoms in total. The summed E-state index contributed by atoms with van der Waals surface area (Å²) in [6.07, 6.45) is -1.95. The Morgan fingerprint density at radius 1 is 1.03 bits per heavy atom. The van der Waals surface area contributed by atoms with Crippen molar-refractivity contribution in [1.82, 2.24) is 9.88 Å². The number of urea groups is 1. The number of imide groups is 1. The van der Waals surface area contributed by atoms with Gasteiger partial charge < -0.3 is 19.7 Å². The molecule has 12 heteroatoms. The fraction of sp³-hybridized carbons (Fsp3) is 0.167. The van der Waals surface area contributed by atoms with Crippen LogP contribution in [-0.4, -0.2) is 47.7 Å². The lowest BCUT2D eigenvalue weighted by Crippen LogP contribution is -2.33. The van der Waals surface area contributed by atoms with Gasteiger partial charge in [0.1, 0.15) is 18.0 Å². The molecule has 36 heavy (non-hydrogen) atoms. The Labute approximate surface area is 203 Å². The van der Waals surface area contributed by atoms with E-state index in [1.165, 1.54) is 36.5 Å². The van der Waals surface area contributed by atoms with E-state index in [1.54, 1.807) is 30.3 Å². The second-order valence-corrected chi connectivity index (χ2v) is 7.62. The van der Waals surface area contributed by atoms with Gasteiger partial charge in [0.25, 0.3) is 11.8 Å². The van der Waals surface area contributed by atoms with Crippen molar-refractivity contribution in [3.05, 3.63) is 78.1 Å². The molecule has 1 N–H and O–H groups in total. The standard InChI is InChI=1S/C24H19F3N4O5/c1-35-18-6-2-15(3-7-18)22(33)29-20-12-28-11-10-16(20)13-30-14-21(32)31(23(30)34)17-4-8-19(9-5-17)36-24(25,26)27/h2-12H,13-14H2,1H3,(H,29,33). The molecule has 0 saturated carbocycles. The number of benzene rings is 2. The minimum Gasteiger partial charge on any atom is -0.497 e. The first-order valence-corrected chi connectivity index (χ1v) is 10.5. The van der Waals surface area contributed by atoms with E-state index in [9.17, 15) is 27.6 Å². The van der Waals surface area contributed by atoms with Crippen molar-refractivity contribution < 1.29 is 37.0 Å². The molecule has 2 heterocycles. The summed E-state index contributed by atoms with van der Waals surface area (Å²) in [5, 5.41) is 2.75. The van der Waals surface area contributed by atoms with Crippen LogP contribution in [0.3, 0.4) is 0 Å². The molecular weight excluding hydrogens is 481 g/mol. The molecule has 1 aliphatic heterocycles. The van der Waals surface area contributed by atoms with Crippen LogP contribution in [-0.2, 0) is 11.3 Å². The van der Waals surface area contributed by atoms with Crippen molar-refractivity contribution in [2.24, 2.45) is 0 Å². The highest BCUT2D eigenvalue weighted by molar-refractivity contribution is 6.19. The number of nitrogens with zero attached hydrogens (tertiary/aromatic N) is 3. The fourth-order valence-electron chi connectivity index (χ4n) is 3.54. The van der Waals surface area contributed by atoms with Crippen LogP contribution in [0.15, 0.2) is 67.0 Å². The Balaban J connectivity index is 1.47. The van der Waals surface area contributed by atoms with E-state index in [-0.39, 0.29) is 18.8 Å². The fourth-order valence-corrected chi connectivity index (χ4v) is 3.54. The number of hydrogen-bond donors (Lipinski definition) is 1. The Morgan fingerprint density at radius 2 is 1.69 bits per heavy atom. The number of amides is 4. The quantitative estimate of drug-likeness (QED) is 0.488. The SMILES string of the molecule is COc1ccc(C(=O)Nc2cnccc2CN2CC(=O)N(c3ccc(OC(F)(F)F)cc3)C2=O)cc1. The van der Waals surface area contributed by atoms with Crippen LogP contribution in [0.5, 0.6) is 11.5 Å². The van der Waals surface area contributed by atoms with Gasteiger partial charge in [-0.25, -0.2) is 9.69 Å². The van der Waals surface area contributed by atoms with Gasteiger partial charge in [0.2, 0.25) is 0 Å². The van der Waals surface area contributed by atoms with Crippen LogP contribution < -0.4 is 19.7 Å². The highest BCUT2D eigenvalue weighted by Crippen LogP contribution is 2.28. The van der Waals surface area contributed by atoms with Crippen LogP contribution >= 0.6 is 0 Å². The Kier molecular flexibility index (Phi) is 6.77. The van der Waals surface area contributed by atoms with Gasteiger partial charge in [-0.1, -0.05) is 0 Å². The zero-order chi connectivity index (χ0) is 25.9. The highest BCUT2D eigenvalue weighted by atomic mass is 19.4. The van der Waals surface area contributed by atoms with Gasteiger partial charge in [0.15, 0.2) is 0 Å². The molecule has 0 bridgehead atoms. The number of carbonyl (C=O) groups is 3. The average molecular weight is 500 g/mol. The predicted molar refractivity (Wildman–Crippen MR) is 122 cm³/mol. The molecule has 0 spiro atoms. The lowest BCUT2D eigenvalue weighted by Gasteiger charge is -2.19. The molecule has 3 aromatic rings. The number of ether oxygens (including phenoxy) is 2. The average Bonchev–Trinajstić information content (AvgIpc) is 3.12. The molecule has 186 valence electrons. The van der Waals surface area contributed by atoms with Gasteiger partial charge in [-0.3, -0.25) is 14.6 Å². The van der Waals surface area contributed by atoms with Crippen molar-refractivity contribution in [3.8, 4) is 11.5 Å². The maximum absolute atomic E-state index is 13.0. The van der Waals surface area contributed by atoms with E-state index >= 15 is 0 Å². The van der Waals surface area contributed by atoms with E-state index < -0.39 is 30.0 Å². The van der Waals surface area contributed by atoms with E-state index in [2.05, 4.69) is 15.0 Å². The third-order valence-corrected chi connectivity index (χ3v) is 5.24. The predicted octanol–water partition coefficient (Wildman–Crippen LogP) is 4.21. The van der Waals surface area contributed by atoms with Gasteiger partial charge in [0, 0.05) is 11.8 Å². The van der Waals surface area contributed by atoms with Crippen LogP contribution in [0.4, 0.5) is 29.3 Å². The van der Waals surface area contributed by atoms with Gasteiger partial charge >= 0.3 is 12.4 Å². The summed E-state index contributed by atoms with van der Waals surface area (Å²) in [4.78, 5) is 44.3. The minimum atomic E-state index is -4.86. The van der Waals surface area contributed by atoms with E-state index in [1.807, 2.05) is 0 Å². The Bertz CT molecular complexity index is 1280. The molecule has 0 aliphatic carbocycles. The molecule has 1 saturated heterocycles. The van der Waals surface area contributed by atoms with Crippen molar-refractivity contribution in [2.45, 2.75) is 12.9 Å². The first-order chi connectivity index (χ1) is 17.1. The van der Waals surface area contributed by atoms with Gasteiger partial charge in [-0.05, 0) is 60.2 Å². The highest BCUT2D eigenvalue weighted by Gasteiger charge is 2.37. The summed E-state index contributed by atoms with van der Waals surface area (Å²) < 4.78 is 46.0. The number of anilines is 2. The monoisotopic (exact) mass is 500 g/mol. The third-order valence-electron chi connectivity index (χ3n) is 5.24. The smallest absolute Gasteiger partial charge is 0.497 e. The number of pyridine rings is 1. The maximum Gasteiger partial charge on any atom is 0.573 e. The van der Waals surface area contributed by atoms with Crippen molar-refractivity contribution >= 4 is 29.2 Å². The number of hydrogen-bond acceptors (Lipinski definition) is 6. The lowest BCUT2D eigenvalue weighted by molar-refractivity contribution is -0.274. The summed E-state index contributed by atoms with van der Waals surface area (Å²) in [6, 6.07) is 11.8. The van der Waals surface area contributed by atoms with Gasteiger partial charge in [-0.15, -0.1) is 13.2 Å². The zero-order valence-corrected chi connectivity index (χ0v) is 18.8. The second kappa shape index (κ2) is 9.94. The van der Waals surface area contributed by atoms with E-state index in [4.69, 9.17) is 4.74 Å². The topological polar surface area (TPSA) is 101 Å². The number of alkyl halides is 3. The van der Waals surface area contributed by atoms with Gasteiger partial charge in [0.05, 0.1) is 31.2 Å². The van der Waals surface area contributed by atoms with Gasteiger partial charge in [-0.2, -0.15) is 0 Å². The number of aromatic nitrogens is 1. The van der Waals surface area contributed by atoms with Crippen LogP contribution in [0.2, 0.25) is 0 Å². The molecule has 4 amide bonds. The Morgan fingerprint density at radius 3 is 2.33 bits per heavy atom. The van der Waals surface area contributed by atoms with Crippen LogP contribution in [0.1, 0.15) is 15.9 Å². The molecule has 1 fully saturated rings. The number of rotatable bonds is 7. The number of nitrogens with one attached hydrogen (secondary N) is 1. The maximum atomic E-state index is 13.0. The number of methoxy groups -OCH3 is 1. The Hall–Kier alpha value is -4.61. The summed E-state index contributed by atoms with van der Waals surface area (Å²) >= 11 is 0. The van der Waals surface area contributed by atoms with E-state index in [0.29, 0.717) is 22.6 Å². The molecule has 1 aliphatic rings. The molecule has 0 atom stereocenters. The molecule has 0 radical (unpaired) electrons. The molecular formula is C24H19F3N4O5. The van der Waals surface area contributed by atoms with Crippen molar-refractivity contribution in [2.75, 3.05) is 23.9 Å². The number of carbonyl (C=O) groups excluding carboxylic acids is 3. The first kappa shape index (κ1) is 24.5. The van der Waals surface area contributed by atoms with Crippen LogP contribution in [0, 0.1) is 0 Å². The minimum absolute atomic E-state index is 0.0168. The second-order valence-electron chi connectivity index (χ2n) is 7.62. The summed E-state index contributed by atoms with van der Waals surface area (Å²) in [6.45, 7) is -0.273.